The molecule has 100 valence electrons. The molecular weight excluding hydrogens is 218 g/mol. The van der Waals surface area contributed by atoms with Gasteiger partial charge in [-0.3, -0.25) is 0 Å². The third-order valence-electron chi connectivity index (χ3n) is 4.22. The first-order valence-electron chi connectivity index (χ1n) is 7.52. The highest BCUT2D eigenvalue weighted by atomic mass is 14.9. The van der Waals surface area contributed by atoms with Crippen molar-refractivity contribution >= 4 is 5.69 Å². The maximum absolute atomic E-state index is 3.73. The molecule has 0 spiro atoms. The van der Waals surface area contributed by atoms with E-state index in [2.05, 4.69) is 44.3 Å². The van der Waals surface area contributed by atoms with Crippen molar-refractivity contribution in [1.29, 1.82) is 0 Å². The van der Waals surface area contributed by atoms with Crippen LogP contribution in [0.15, 0.2) is 18.2 Å². The molecule has 1 heteroatoms. The first-order valence-corrected chi connectivity index (χ1v) is 7.52. The van der Waals surface area contributed by atoms with Crippen LogP contribution in [0.25, 0.3) is 0 Å². The predicted molar refractivity (Wildman–Crippen MR) is 80.3 cm³/mol. The van der Waals surface area contributed by atoms with Crippen LogP contribution in [0.3, 0.4) is 0 Å². The Morgan fingerprint density at radius 1 is 1.17 bits per heavy atom. The summed E-state index contributed by atoms with van der Waals surface area (Å²) in [5.41, 5.74) is 4.24. The lowest BCUT2D eigenvalue weighted by Gasteiger charge is -2.24. The van der Waals surface area contributed by atoms with Gasteiger partial charge in [0.1, 0.15) is 0 Å². The number of anilines is 1. The molecule has 0 amide bonds. The molecule has 1 fully saturated rings. The van der Waals surface area contributed by atoms with E-state index < -0.39 is 0 Å². The first-order chi connectivity index (χ1) is 8.68. The maximum Gasteiger partial charge on any atom is 0.0405 e. The van der Waals surface area contributed by atoms with Crippen LogP contribution in [-0.4, -0.2) is 6.54 Å². The van der Waals surface area contributed by atoms with Gasteiger partial charge >= 0.3 is 0 Å². The largest absolute Gasteiger partial charge is 0.384 e. The van der Waals surface area contributed by atoms with Gasteiger partial charge in [0.15, 0.2) is 0 Å². The van der Waals surface area contributed by atoms with Crippen LogP contribution in [0.5, 0.6) is 0 Å². The van der Waals surface area contributed by atoms with Crippen LogP contribution in [0.2, 0.25) is 0 Å². The van der Waals surface area contributed by atoms with Gasteiger partial charge in [-0.25, -0.2) is 0 Å². The minimum atomic E-state index is 0.596. The van der Waals surface area contributed by atoms with E-state index in [1.165, 1.54) is 48.9 Å². The molecule has 1 aromatic rings. The summed E-state index contributed by atoms with van der Waals surface area (Å²) in [6, 6.07) is 6.66. The second-order valence-electron chi connectivity index (χ2n) is 6.08. The van der Waals surface area contributed by atoms with Crippen molar-refractivity contribution in [2.24, 2.45) is 5.92 Å². The van der Waals surface area contributed by atoms with Crippen molar-refractivity contribution in [2.45, 2.75) is 58.8 Å². The van der Waals surface area contributed by atoms with Crippen molar-refractivity contribution in [2.75, 3.05) is 11.9 Å². The Hall–Kier alpha value is -0.980. The second kappa shape index (κ2) is 6.26. The van der Waals surface area contributed by atoms with Crippen LogP contribution < -0.4 is 5.32 Å². The second-order valence-corrected chi connectivity index (χ2v) is 6.08. The Morgan fingerprint density at radius 2 is 1.89 bits per heavy atom. The summed E-state index contributed by atoms with van der Waals surface area (Å²) in [5, 5.41) is 3.73. The zero-order valence-corrected chi connectivity index (χ0v) is 12.1. The van der Waals surface area contributed by atoms with Gasteiger partial charge in [0.25, 0.3) is 0 Å². The molecule has 2 rings (SSSR count). The molecule has 0 bridgehead atoms. The number of hydrogen-bond donors (Lipinski definition) is 1. The van der Waals surface area contributed by atoms with Gasteiger partial charge < -0.3 is 5.32 Å². The molecule has 0 aliphatic heterocycles. The SMILES string of the molecule is Cc1cccc(C(C)C)c1NCC1CCCCC1. The van der Waals surface area contributed by atoms with Crippen molar-refractivity contribution in [3.05, 3.63) is 29.3 Å². The van der Waals surface area contributed by atoms with E-state index >= 15 is 0 Å². The van der Waals surface area contributed by atoms with Gasteiger partial charge in [-0.15, -0.1) is 0 Å². The third-order valence-corrected chi connectivity index (χ3v) is 4.22. The molecule has 0 unspecified atom stereocenters. The molecule has 1 saturated carbocycles. The van der Waals surface area contributed by atoms with E-state index in [4.69, 9.17) is 0 Å². The van der Waals surface area contributed by atoms with Gasteiger partial charge in [-0.05, 0) is 42.7 Å². The molecule has 1 N–H and O–H groups in total. The van der Waals surface area contributed by atoms with Crippen LogP contribution in [0.1, 0.15) is 63.0 Å². The fourth-order valence-corrected chi connectivity index (χ4v) is 3.05. The zero-order chi connectivity index (χ0) is 13.0. The van der Waals surface area contributed by atoms with E-state index in [0.29, 0.717) is 5.92 Å². The average Bonchev–Trinajstić information content (AvgIpc) is 2.38. The summed E-state index contributed by atoms with van der Waals surface area (Å²) in [4.78, 5) is 0. The highest BCUT2D eigenvalue weighted by Crippen LogP contribution is 2.29. The smallest absolute Gasteiger partial charge is 0.0405 e. The Kier molecular flexibility index (Phi) is 4.68. The van der Waals surface area contributed by atoms with Crippen LogP contribution in [-0.2, 0) is 0 Å². The van der Waals surface area contributed by atoms with Crippen LogP contribution in [0.4, 0.5) is 5.69 Å². The molecular formula is C17H27N. The predicted octanol–water partition coefficient (Wildman–Crippen LogP) is 5.11. The summed E-state index contributed by atoms with van der Waals surface area (Å²) < 4.78 is 0. The Bertz CT molecular complexity index is 375. The molecule has 0 aromatic heterocycles. The van der Waals surface area contributed by atoms with E-state index in [9.17, 15) is 0 Å². The van der Waals surface area contributed by atoms with E-state index in [1.807, 2.05) is 0 Å². The number of rotatable bonds is 4. The van der Waals surface area contributed by atoms with Crippen molar-refractivity contribution in [3.8, 4) is 0 Å². The Morgan fingerprint density at radius 3 is 2.56 bits per heavy atom. The lowest BCUT2D eigenvalue weighted by atomic mass is 9.89. The van der Waals surface area contributed by atoms with Crippen molar-refractivity contribution in [1.82, 2.24) is 0 Å². The molecule has 18 heavy (non-hydrogen) atoms. The van der Waals surface area contributed by atoms with Gasteiger partial charge in [-0.1, -0.05) is 51.3 Å². The minimum Gasteiger partial charge on any atom is -0.384 e. The molecule has 1 aromatic carbocycles. The Balaban J connectivity index is 2.03. The van der Waals surface area contributed by atoms with E-state index in [-0.39, 0.29) is 0 Å². The topological polar surface area (TPSA) is 12.0 Å². The summed E-state index contributed by atoms with van der Waals surface area (Å²) >= 11 is 0. The van der Waals surface area contributed by atoms with Crippen LogP contribution in [0, 0.1) is 12.8 Å². The number of hydrogen-bond acceptors (Lipinski definition) is 1. The zero-order valence-electron chi connectivity index (χ0n) is 12.1. The molecule has 1 aliphatic carbocycles. The van der Waals surface area contributed by atoms with Gasteiger partial charge in [0, 0.05) is 12.2 Å². The van der Waals surface area contributed by atoms with E-state index in [0.717, 1.165) is 12.5 Å². The summed E-state index contributed by atoms with van der Waals surface area (Å²) in [6.07, 6.45) is 7.12. The lowest BCUT2D eigenvalue weighted by Crippen LogP contribution is -2.18. The standard InChI is InChI=1S/C17H27N/c1-13(2)16-11-7-8-14(3)17(16)18-12-15-9-5-4-6-10-15/h7-8,11,13,15,18H,4-6,9-10,12H2,1-3H3. The van der Waals surface area contributed by atoms with E-state index in [1.54, 1.807) is 0 Å². The quantitative estimate of drug-likeness (QED) is 0.777. The highest BCUT2D eigenvalue weighted by molar-refractivity contribution is 5.58. The number of para-hydroxylation sites is 1. The summed E-state index contributed by atoms with van der Waals surface area (Å²) in [6.45, 7) is 7.93. The number of aryl methyl sites for hydroxylation is 1. The number of benzene rings is 1. The molecule has 0 heterocycles. The third kappa shape index (κ3) is 3.28. The fourth-order valence-electron chi connectivity index (χ4n) is 3.05. The van der Waals surface area contributed by atoms with Crippen LogP contribution >= 0.6 is 0 Å². The van der Waals surface area contributed by atoms with Crippen molar-refractivity contribution in [3.63, 3.8) is 0 Å². The maximum atomic E-state index is 3.73. The monoisotopic (exact) mass is 245 g/mol. The van der Waals surface area contributed by atoms with Gasteiger partial charge in [-0.2, -0.15) is 0 Å². The highest BCUT2D eigenvalue weighted by Gasteiger charge is 2.15. The molecule has 0 atom stereocenters. The lowest BCUT2D eigenvalue weighted by molar-refractivity contribution is 0.373. The fraction of sp³-hybridized carbons (Fsp3) is 0.647. The average molecular weight is 245 g/mol. The Labute approximate surface area is 112 Å². The summed E-state index contributed by atoms with van der Waals surface area (Å²) in [5.74, 6) is 1.48. The molecule has 0 radical (unpaired) electrons. The molecule has 1 aliphatic rings. The number of nitrogens with one attached hydrogen (secondary N) is 1. The van der Waals surface area contributed by atoms with Crippen molar-refractivity contribution < 1.29 is 0 Å². The molecule has 1 nitrogen and oxygen atoms in total. The van der Waals surface area contributed by atoms with Gasteiger partial charge in [0.05, 0.1) is 0 Å². The normalized spacial score (nSPS) is 17.1. The molecule has 0 saturated heterocycles. The van der Waals surface area contributed by atoms with Gasteiger partial charge in [0.2, 0.25) is 0 Å². The minimum absolute atomic E-state index is 0.596. The first kappa shape index (κ1) is 13.5. The summed E-state index contributed by atoms with van der Waals surface area (Å²) in [7, 11) is 0.